The van der Waals surface area contributed by atoms with E-state index in [1.165, 1.54) is 0 Å². The Bertz CT molecular complexity index is 559. The summed E-state index contributed by atoms with van der Waals surface area (Å²) >= 11 is 0. The van der Waals surface area contributed by atoms with E-state index in [9.17, 15) is 4.79 Å². The number of aliphatic carboxylic acids is 1. The molecule has 6 nitrogen and oxygen atoms in total. The monoisotopic (exact) mass is 247 g/mol. The Hall–Kier alpha value is -2.11. The van der Waals surface area contributed by atoms with Crippen molar-refractivity contribution in [3.05, 3.63) is 35.8 Å². The first-order valence-electron chi connectivity index (χ1n) is 5.90. The van der Waals surface area contributed by atoms with Gasteiger partial charge in [0.2, 0.25) is 0 Å². The van der Waals surface area contributed by atoms with Crippen molar-refractivity contribution in [1.82, 2.24) is 14.8 Å². The van der Waals surface area contributed by atoms with Crippen LogP contribution in [0.4, 0.5) is 0 Å². The summed E-state index contributed by atoms with van der Waals surface area (Å²) in [6.45, 7) is 0.413. The molecule has 94 valence electrons. The van der Waals surface area contributed by atoms with Crippen molar-refractivity contribution in [3.8, 4) is 0 Å². The molecule has 0 saturated carbocycles. The molecule has 1 N–H and O–H groups in total. The number of carbonyl (C=O) groups is 1. The van der Waals surface area contributed by atoms with Gasteiger partial charge in [-0.2, -0.15) is 5.10 Å². The van der Waals surface area contributed by atoms with Crippen LogP contribution in [0.15, 0.2) is 22.8 Å². The maximum Gasteiger partial charge on any atom is 0.308 e. The third kappa shape index (κ3) is 2.01. The predicted octanol–water partition coefficient (Wildman–Crippen LogP) is 1.11. The molecule has 0 bridgehead atoms. The molecule has 3 rings (SSSR count). The van der Waals surface area contributed by atoms with E-state index < -0.39 is 5.97 Å². The Kier molecular flexibility index (Phi) is 2.62. The molecular formula is C12H13N3O3. The van der Waals surface area contributed by atoms with E-state index in [1.807, 2.05) is 12.1 Å². The number of hydrogen-bond donors (Lipinski definition) is 1. The van der Waals surface area contributed by atoms with Crippen LogP contribution in [-0.4, -0.2) is 25.8 Å². The molecule has 0 fully saturated rings. The Morgan fingerprint density at radius 3 is 3.22 bits per heavy atom. The second-order valence-electron chi connectivity index (χ2n) is 4.46. The Morgan fingerprint density at radius 2 is 2.50 bits per heavy atom. The van der Waals surface area contributed by atoms with Gasteiger partial charge in [-0.1, -0.05) is 0 Å². The van der Waals surface area contributed by atoms with Crippen LogP contribution in [0.25, 0.3) is 0 Å². The van der Waals surface area contributed by atoms with Gasteiger partial charge in [0.1, 0.15) is 11.6 Å². The molecule has 2 aromatic rings. The molecule has 2 aromatic heterocycles. The minimum Gasteiger partial charge on any atom is -0.481 e. The molecule has 3 heterocycles. The van der Waals surface area contributed by atoms with Crippen LogP contribution in [0.2, 0.25) is 0 Å². The van der Waals surface area contributed by atoms with E-state index >= 15 is 0 Å². The summed E-state index contributed by atoms with van der Waals surface area (Å²) in [5.74, 6) is 1.26. The zero-order valence-electron chi connectivity index (χ0n) is 9.74. The number of nitrogens with zero attached hydrogens (tertiary/aromatic N) is 3. The normalized spacial score (nSPS) is 18.6. The van der Waals surface area contributed by atoms with E-state index in [4.69, 9.17) is 9.52 Å². The molecule has 18 heavy (non-hydrogen) atoms. The quantitative estimate of drug-likeness (QED) is 0.878. The number of hydrogen-bond acceptors (Lipinski definition) is 4. The molecule has 1 atom stereocenters. The van der Waals surface area contributed by atoms with Crippen LogP contribution in [0.3, 0.4) is 0 Å². The van der Waals surface area contributed by atoms with Crippen molar-refractivity contribution in [2.45, 2.75) is 25.8 Å². The van der Waals surface area contributed by atoms with Gasteiger partial charge in [0.15, 0.2) is 5.82 Å². The minimum absolute atomic E-state index is 0.351. The molecule has 0 saturated heterocycles. The van der Waals surface area contributed by atoms with Crippen molar-refractivity contribution in [2.24, 2.45) is 5.92 Å². The number of carboxylic acids is 1. The van der Waals surface area contributed by atoms with Gasteiger partial charge in [0.05, 0.1) is 25.1 Å². The fourth-order valence-corrected chi connectivity index (χ4v) is 2.21. The largest absolute Gasteiger partial charge is 0.481 e. The van der Waals surface area contributed by atoms with Crippen LogP contribution >= 0.6 is 0 Å². The van der Waals surface area contributed by atoms with Crippen LogP contribution in [0.1, 0.15) is 23.8 Å². The van der Waals surface area contributed by atoms with E-state index in [0.29, 0.717) is 31.6 Å². The average molecular weight is 247 g/mol. The molecule has 0 aliphatic carbocycles. The summed E-state index contributed by atoms with van der Waals surface area (Å²) in [4.78, 5) is 15.4. The molecule has 0 aromatic carbocycles. The van der Waals surface area contributed by atoms with E-state index in [1.54, 1.807) is 10.9 Å². The highest BCUT2D eigenvalue weighted by atomic mass is 16.4. The fourth-order valence-electron chi connectivity index (χ4n) is 2.21. The van der Waals surface area contributed by atoms with E-state index in [-0.39, 0.29) is 5.92 Å². The Morgan fingerprint density at radius 1 is 1.61 bits per heavy atom. The maximum absolute atomic E-state index is 11.0. The number of carboxylic acid groups (broad SMARTS) is 1. The standard InChI is InChI=1S/C12H13N3O3/c16-12(17)8-3-4-11-13-10(14-15(11)7-8)6-9-2-1-5-18-9/h1-2,5,8H,3-4,6-7H2,(H,16,17). The highest BCUT2D eigenvalue weighted by molar-refractivity contribution is 5.70. The third-order valence-electron chi connectivity index (χ3n) is 3.16. The molecule has 1 aliphatic rings. The SMILES string of the molecule is O=C(O)C1CCc2nc(Cc3ccco3)nn2C1. The van der Waals surface area contributed by atoms with Gasteiger partial charge >= 0.3 is 5.97 Å². The molecule has 0 amide bonds. The lowest BCUT2D eigenvalue weighted by Crippen LogP contribution is -2.27. The lowest BCUT2D eigenvalue weighted by Gasteiger charge is -2.18. The van der Waals surface area contributed by atoms with Gasteiger partial charge in [-0.15, -0.1) is 0 Å². The molecule has 1 aliphatic heterocycles. The van der Waals surface area contributed by atoms with E-state index in [2.05, 4.69) is 10.1 Å². The van der Waals surface area contributed by atoms with Crippen molar-refractivity contribution in [3.63, 3.8) is 0 Å². The average Bonchev–Trinajstić information content (AvgIpc) is 2.96. The van der Waals surface area contributed by atoms with Gasteiger partial charge in [0, 0.05) is 6.42 Å². The third-order valence-corrected chi connectivity index (χ3v) is 3.16. The van der Waals surface area contributed by atoms with Gasteiger partial charge in [-0.25, -0.2) is 9.67 Å². The number of furan rings is 1. The van der Waals surface area contributed by atoms with Crippen molar-refractivity contribution in [2.75, 3.05) is 0 Å². The van der Waals surface area contributed by atoms with Gasteiger partial charge in [0.25, 0.3) is 0 Å². The lowest BCUT2D eigenvalue weighted by molar-refractivity contribution is -0.142. The van der Waals surface area contributed by atoms with Crippen LogP contribution < -0.4 is 0 Å². The minimum atomic E-state index is -0.760. The first-order chi connectivity index (χ1) is 8.72. The smallest absolute Gasteiger partial charge is 0.308 e. The molecule has 1 unspecified atom stereocenters. The van der Waals surface area contributed by atoms with Gasteiger partial charge in [-0.3, -0.25) is 4.79 Å². The highest BCUT2D eigenvalue weighted by Crippen LogP contribution is 2.19. The second kappa shape index (κ2) is 4.29. The Balaban J connectivity index is 1.78. The number of rotatable bonds is 3. The zero-order valence-corrected chi connectivity index (χ0v) is 9.74. The first kappa shape index (κ1) is 11.0. The van der Waals surface area contributed by atoms with Crippen LogP contribution in [0.5, 0.6) is 0 Å². The van der Waals surface area contributed by atoms with Gasteiger partial charge in [-0.05, 0) is 18.6 Å². The predicted molar refractivity (Wildman–Crippen MR) is 61.0 cm³/mol. The number of fused-ring (bicyclic) bond motifs is 1. The topological polar surface area (TPSA) is 81.2 Å². The van der Waals surface area contributed by atoms with Crippen LogP contribution in [-0.2, 0) is 24.2 Å². The van der Waals surface area contributed by atoms with E-state index in [0.717, 1.165) is 11.6 Å². The van der Waals surface area contributed by atoms with Crippen molar-refractivity contribution < 1.29 is 14.3 Å². The second-order valence-corrected chi connectivity index (χ2v) is 4.46. The van der Waals surface area contributed by atoms with Crippen LogP contribution in [0, 0.1) is 5.92 Å². The summed E-state index contributed by atoms with van der Waals surface area (Å²) in [5, 5.41) is 13.3. The Labute approximate surface area is 103 Å². The first-order valence-corrected chi connectivity index (χ1v) is 5.90. The summed E-state index contributed by atoms with van der Waals surface area (Å²) in [7, 11) is 0. The highest BCUT2D eigenvalue weighted by Gasteiger charge is 2.26. The summed E-state index contributed by atoms with van der Waals surface area (Å²) in [6, 6.07) is 3.70. The van der Waals surface area contributed by atoms with Gasteiger partial charge < -0.3 is 9.52 Å². The zero-order chi connectivity index (χ0) is 12.5. The van der Waals surface area contributed by atoms with Crippen molar-refractivity contribution >= 4 is 5.97 Å². The maximum atomic E-state index is 11.0. The number of aryl methyl sites for hydroxylation is 1. The summed E-state index contributed by atoms with van der Waals surface area (Å²) < 4.78 is 6.95. The summed E-state index contributed by atoms with van der Waals surface area (Å²) in [6.07, 6.45) is 3.47. The summed E-state index contributed by atoms with van der Waals surface area (Å²) in [5.41, 5.74) is 0. The molecule has 0 spiro atoms. The number of aromatic nitrogens is 3. The fraction of sp³-hybridized carbons (Fsp3) is 0.417. The molecular weight excluding hydrogens is 234 g/mol. The lowest BCUT2D eigenvalue weighted by atomic mass is 10.0. The molecule has 0 radical (unpaired) electrons. The molecule has 6 heteroatoms. The van der Waals surface area contributed by atoms with Crippen molar-refractivity contribution in [1.29, 1.82) is 0 Å².